The van der Waals surface area contributed by atoms with E-state index >= 15 is 0 Å². The lowest BCUT2D eigenvalue weighted by Crippen LogP contribution is -2.03. The first kappa shape index (κ1) is 10.8. The van der Waals surface area contributed by atoms with Crippen molar-refractivity contribution in [2.24, 2.45) is 0 Å². The summed E-state index contributed by atoms with van der Waals surface area (Å²) in [6.07, 6.45) is 0. The molecule has 0 N–H and O–H groups in total. The highest BCUT2D eigenvalue weighted by Gasteiger charge is 1.95. The van der Waals surface area contributed by atoms with Crippen molar-refractivity contribution < 1.29 is 9.47 Å². The summed E-state index contributed by atoms with van der Waals surface area (Å²) >= 11 is 0. The summed E-state index contributed by atoms with van der Waals surface area (Å²) in [5, 5.41) is 0. The van der Waals surface area contributed by atoms with E-state index in [2.05, 4.69) is 6.58 Å². The molecular formula is C12H16O2. The average molecular weight is 192 g/mol. The fourth-order valence-electron chi connectivity index (χ4n) is 1.08. The van der Waals surface area contributed by atoms with E-state index in [-0.39, 0.29) is 0 Å². The van der Waals surface area contributed by atoms with E-state index in [0.717, 1.165) is 16.9 Å². The largest absolute Gasteiger partial charge is 0.491 e. The number of allylic oxidation sites excluding steroid dienone is 1. The summed E-state index contributed by atoms with van der Waals surface area (Å²) in [5.74, 6) is 0.868. The number of ether oxygens (including phenoxy) is 2. The Hall–Kier alpha value is -1.28. The number of methoxy groups -OCH3 is 1. The molecule has 0 radical (unpaired) electrons. The monoisotopic (exact) mass is 192 g/mol. The first-order valence-corrected chi connectivity index (χ1v) is 4.61. The second kappa shape index (κ2) is 5.45. The van der Waals surface area contributed by atoms with Crippen molar-refractivity contribution in [2.75, 3.05) is 20.3 Å². The van der Waals surface area contributed by atoms with E-state index in [4.69, 9.17) is 9.47 Å². The van der Waals surface area contributed by atoms with E-state index in [0.29, 0.717) is 13.2 Å². The van der Waals surface area contributed by atoms with E-state index in [1.807, 2.05) is 31.2 Å². The van der Waals surface area contributed by atoms with Crippen LogP contribution in [0.4, 0.5) is 0 Å². The van der Waals surface area contributed by atoms with Gasteiger partial charge in [-0.05, 0) is 24.6 Å². The van der Waals surface area contributed by atoms with Crippen molar-refractivity contribution in [2.45, 2.75) is 6.92 Å². The molecule has 1 aromatic rings. The topological polar surface area (TPSA) is 18.5 Å². The molecule has 0 aliphatic heterocycles. The minimum absolute atomic E-state index is 0.586. The number of hydrogen-bond donors (Lipinski definition) is 0. The fourth-order valence-corrected chi connectivity index (χ4v) is 1.08. The molecule has 0 unspecified atom stereocenters. The molecule has 0 saturated heterocycles. The molecule has 0 heterocycles. The Balaban J connectivity index is 2.51. The normalized spacial score (nSPS) is 9.86. The molecule has 0 aromatic heterocycles. The van der Waals surface area contributed by atoms with Gasteiger partial charge in [0.1, 0.15) is 12.4 Å². The maximum atomic E-state index is 5.43. The summed E-state index contributed by atoms with van der Waals surface area (Å²) in [6, 6.07) is 7.90. The van der Waals surface area contributed by atoms with Crippen molar-refractivity contribution in [3.8, 4) is 5.75 Å². The van der Waals surface area contributed by atoms with Gasteiger partial charge in [-0.25, -0.2) is 0 Å². The second-order valence-corrected chi connectivity index (χ2v) is 3.15. The summed E-state index contributed by atoms with van der Waals surface area (Å²) in [4.78, 5) is 0. The summed E-state index contributed by atoms with van der Waals surface area (Å²) in [5.41, 5.74) is 2.21. The quantitative estimate of drug-likeness (QED) is 0.668. The zero-order valence-corrected chi connectivity index (χ0v) is 8.75. The Morgan fingerprint density at radius 2 is 1.86 bits per heavy atom. The molecule has 1 rings (SSSR count). The van der Waals surface area contributed by atoms with Crippen LogP contribution in [0.15, 0.2) is 30.8 Å². The smallest absolute Gasteiger partial charge is 0.119 e. The lowest BCUT2D eigenvalue weighted by molar-refractivity contribution is 0.146. The summed E-state index contributed by atoms with van der Waals surface area (Å²) in [7, 11) is 1.66. The molecule has 14 heavy (non-hydrogen) atoms. The first-order chi connectivity index (χ1) is 6.74. The predicted molar refractivity (Wildman–Crippen MR) is 58.5 cm³/mol. The van der Waals surface area contributed by atoms with Gasteiger partial charge in [-0.1, -0.05) is 24.3 Å². The van der Waals surface area contributed by atoms with Gasteiger partial charge < -0.3 is 9.47 Å². The summed E-state index contributed by atoms with van der Waals surface area (Å²) in [6.45, 7) is 7.06. The van der Waals surface area contributed by atoms with Crippen LogP contribution >= 0.6 is 0 Å². The van der Waals surface area contributed by atoms with E-state index < -0.39 is 0 Å². The standard InChI is InChI=1S/C12H16O2/c1-10(2)11-4-6-12(7-5-11)14-9-8-13-3/h4-7H,1,8-9H2,2-3H3. The van der Waals surface area contributed by atoms with Gasteiger partial charge >= 0.3 is 0 Å². The van der Waals surface area contributed by atoms with E-state index in [1.165, 1.54) is 0 Å². The predicted octanol–water partition coefficient (Wildman–Crippen LogP) is 2.74. The van der Waals surface area contributed by atoms with E-state index in [1.54, 1.807) is 7.11 Å². The number of hydrogen-bond acceptors (Lipinski definition) is 2. The zero-order chi connectivity index (χ0) is 10.4. The number of rotatable bonds is 5. The lowest BCUT2D eigenvalue weighted by Gasteiger charge is -2.06. The van der Waals surface area contributed by atoms with Gasteiger partial charge in [-0.2, -0.15) is 0 Å². The Kier molecular flexibility index (Phi) is 4.20. The van der Waals surface area contributed by atoms with Gasteiger partial charge in [-0.15, -0.1) is 0 Å². The van der Waals surface area contributed by atoms with Crippen molar-refractivity contribution >= 4 is 5.57 Å². The fraction of sp³-hybridized carbons (Fsp3) is 0.333. The maximum Gasteiger partial charge on any atom is 0.119 e. The van der Waals surface area contributed by atoms with Gasteiger partial charge in [0, 0.05) is 7.11 Å². The highest BCUT2D eigenvalue weighted by Crippen LogP contribution is 2.16. The van der Waals surface area contributed by atoms with E-state index in [9.17, 15) is 0 Å². The third-order valence-corrected chi connectivity index (χ3v) is 1.90. The average Bonchev–Trinajstić information content (AvgIpc) is 2.19. The van der Waals surface area contributed by atoms with Crippen molar-refractivity contribution in [1.29, 1.82) is 0 Å². The minimum Gasteiger partial charge on any atom is -0.491 e. The molecule has 0 spiro atoms. The van der Waals surface area contributed by atoms with Crippen LogP contribution in [-0.2, 0) is 4.74 Å². The van der Waals surface area contributed by atoms with Crippen molar-refractivity contribution in [1.82, 2.24) is 0 Å². The molecule has 0 fully saturated rings. The first-order valence-electron chi connectivity index (χ1n) is 4.61. The molecule has 0 atom stereocenters. The lowest BCUT2D eigenvalue weighted by atomic mass is 10.1. The molecular weight excluding hydrogens is 176 g/mol. The molecule has 76 valence electrons. The molecule has 0 amide bonds. The zero-order valence-electron chi connectivity index (χ0n) is 8.75. The van der Waals surface area contributed by atoms with Gasteiger partial charge in [-0.3, -0.25) is 0 Å². The van der Waals surface area contributed by atoms with Crippen LogP contribution in [0.1, 0.15) is 12.5 Å². The third kappa shape index (κ3) is 3.23. The highest BCUT2D eigenvalue weighted by atomic mass is 16.5. The van der Waals surface area contributed by atoms with Crippen molar-refractivity contribution in [3.63, 3.8) is 0 Å². The molecule has 1 aromatic carbocycles. The maximum absolute atomic E-state index is 5.43. The van der Waals surface area contributed by atoms with Crippen molar-refractivity contribution in [3.05, 3.63) is 36.4 Å². The molecule has 2 heteroatoms. The number of benzene rings is 1. The molecule has 2 nitrogen and oxygen atoms in total. The Labute approximate surface area is 85.2 Å². The van der Waals surface area contributed by atoms with Crippen LogP contribution in [0.25, 0.3) is 5.57 Å². The highest BCUT2D eigenvalue weighted by molar-refractivity contribution is 5.61. The molecule has 0 aliphatic carbocycles. The van der Waals surface area contributed by atoms with Gasteiger partial charge in [0.05, 0.1) is 6.61 Å². The van der Waals surface area contributed by atoms with Gasteiger partial charge in [0.15, 0.2) is 0 Å². The SMILES string of the molecule is C=C(C)c1ccc(OCCOC)cc1. The van der Waals surface area contributed by atoms with Crippen LogP contribution in [0, 0.1) is 0 Å². The third-order valence-electron chi connectivity index (χ3n) is 1.90. The van der Waals surface area contributed by atoms with Crippen LogP contribution in [-0.4, -0.2) is 20.3 Å². The van der Waals surface area contributed by atoms with Crippen LogP contribution in [0.5, 0.6) is 5.75 Å². The summed E-state index contributed by atoms with van der Waals surface area (Å²) < 4.78 is 10.3. The van der Waals surface area contributed by atoms with Crippen LogP contribution < -0.4 is 4.74 Å². The molecule has 0 saturated carbocycles. The minimum atomic E-state index is 0.586. The van der Waals surface area contributed by atoms with Gasteiger partial charge in [0.2, 0.25) is 0 Å². The van der Waals surface area contributed by atoms with Crippen LogP contribution in [0.2, 0.25) is 0 Å². The molecule has 0 aliphatic rings. The Bertz CT molecular complexity index is 288. The van der Waals surface area contributed by atoms with Crippen LogP contribution in [0.3, 0.4) is 0 Å². The Morgan fingerprint density at radius 1 is 1.21 bits per heavy atom. The molecule has 0 bridgehead atoms. The van der Waals surface area contributed by atoms with Gasteiger partial charge in [0.25, 0.3) is 0 Å². The second-order valence-electron chi connectivity index (χ2n) is 3.15. The Morgan fingerprint density at radius 3 is 2.36 bits per heavy atom.